The SMILES string of the molecule is CC(C)/C=N/NC(=O)CN(C)C. The van der Waals surface area contributed by atoms with Crippen molar-refractivity contribution in [1.82, 2.24) is 10.3 Å². The molecule has 1 N–H and O–H groups in total. The molecule has 0 spiro atoms. The van der Waals surface area contributed by atoms with Gasteiger partial charge in [0.15, 0.2) is 0 Å². The molecule has 12 heavy (non-hydrogen) atoms. The number of nitrogens with zero attached hydrogens (tertiary/aromatic N) is 2. The largest absolute Gasteiger partial charge is 0.301 e. The van der Waals surface area contributed by atoms with Crippen LogP contribution >= 0.6 is 0 Å². The van der Waals surface area contributed by atoms with Gasteiger partial charge in [0.2, 0.25) is 0 Å². The van der Waals surface area contributed by atoms with Crippen LogP contribution in [0.3, 0.4) is 0 Å². The Labute approximate surface area is 73.6 Å². The predicted octanol–water partition coefficient (Wildman–Crippen LogP) is 0.306. The molecule has 0 aromatic rings. The highest BCUT2D eigenvalue weighted by molar-refractivity contribution is 5.78. The molecule has 0 aromatic heterocycles. The molecule has 4 heteroatoms. The van der Waals surface area contributed by atoms with E-state index in [-0.39, 0.29) is 5.91 Å². The van der Waals surface area contributed by atoms with Gasteiger partial charge in [-0.25, -0.2) is 5.43 Å². The Balaban J connectivity index is 3.57. The summed E-state index contributed by atoms with van der Waals surface area (Å²) in [7, 11) is 3.68. The van der Waals surface area contributed by atoms with Crippen molar-refractivity contribution in [3.05, 3.63) is 0 Å². The first-order chi connectivity index (χ1) is 5.52. The number of hydrogen-bond acceptors (Lipinski definition) is 3. The van der Waals surface area contributed by atoms with Crippen molar-refractivity contribution >= 4 is 12.1 Å². The third-order valence-electron chi connectivity index (χ3n) is 1.02. The van der Waals surface area contributed by atoms with Crippen molar-refractivity contribution in [2.75, 3.05) is 20.6 Å². The summed E-state index contributed by atoms with van der Waals surface area (Å²) in [6.45, 7) is 4.37. The Hall–Kier alpha value is -0.900. The first-order valence-corrected chi connectivity index (χ1v) is 3.99. The van der Waals surface area contributed by atoms with Crippen LogP contribution in [0.25, 0.3) is 0 Å². The van der Waals surface area contributed by atoms with Gasteiger partial charge >= 0.3 is 0 Å². The van der Waals surface area contributed by atoms with Crippen molar-refractivity contribution in [2.24, 2.45) is 11.0 Å². The third kappa shape index (κ3) is 7.21. The fourth-order valence-corrected chi connectivity index (χ4v) is 0.581. The van der Waals surface area contributed by atoms with Crippen LogP contribution in [-0.4, -0.2) is 37.7 Å². The summed E-state index contributed by atoms with van der Waals surface area (Å²) in [5.74, 6) is 0.279. The fraction of sp³-hybridized carbons (Fsp3) is 0.750. The minimum atomic E-state index is -0.0862. The van der Waals surface area contributed by atoms with Crippen molar-refractivity contribution in [3.63, 3.8) is 0 Å². The zero-order chi connectivity index (χ0) is 9.56. The van der Waals surface area contributed by atoms with Crippen LogP contribution < -0.4 is 5.43 Å². The lowest BCUT2D eigenvalue weighted by Gasteiger charge is -2.06. The average molecular weight is 171 g/mol. The minimum Gasteiger partial charge on any atom is -0.301 e. The summed E-state index contributed by atoms with van der Waals surface area (Å²) in [4.78, 5) is 12.8. The zero-order valence-electron chi connectivity index (χ0n) is 8.16. The topological polar surface area (TPSA) is 44.7 Å². The number of amides is 1. The molecule has 0 saturated carbocycles. The van der Waals surface area contributed by atoms with Gasteiger partial charge in [-0.15, -0.1) is 0 Å². The number of carbonyl (C=O) groups is 1. The normalized spacial score (nSPS) is 11.5. The van der Waals surface area contributed by atoms with E-state index in [1.165, 1.54) is 0 Å². The van der Waals surface area contributed by atoms with Gasteiger partial charge in [-0.3, -0.25) is 4.79 Å². The maximum Gasteiger partial charge on any atom is 0.254 e. The molecule has 0 radical (unpaired) electrons. The quantitative estimate of drug-likeness (QED) is 0.488. The Morgan fingerprint density at radius 2 is 2.17 bits per heavy atom. The molecule has 0 saturated heterocycles. The van der Waals surface area contributed by atoms with Gasteiger partial charge in [0, 0.05) is 6.21 Å². The zero-order valence-corrected chi connectivity index (χ0v) is 8.16. The first kappa shape index (κ1) is 11.1. The Bertz CT molecular complexity index is 164. The molecule has 0 aliphatic carbocycles. The summed E-state index contributed by atoms with van der Waals surface area (Å²) in [6, 6.07) is 0. The molecule has 0 bridgehead atoms. The second kappa shape index (κ2) is 5.71. The monoisotopic (exact) mass is 171 g/mol. The fourth-order valence-electron chi connectivity index (χ4n) is 0.581. The van der Waals surface area contributed by atoms with Gasteiger partial charge in [-0.05, 0) is 20.0 Å². The number of likely N-dealkylation sites (N-methyl/N-ethyl adjacent to an activating group) is 1. The number of hydrogen-bond donors (Lipinski definition) is 1. The molecule has 70 valence electrons. The summed E-state index contributed by atoms with van der Waals surface area (Å²) >= 11 is 0. The van der Waals surface area contributed by atoms with E-state index in [0.717, 1.165) is 0 Å². The molecule has 0 heterocycles. The molecular formula is C8H17N3O. The van der Waals surface area contributed by atoms with Crippen molar-refractivity contribution in [3.8, 4) is 0 Å². The molecule has 0 fully saturated rings. The van der Waals surface area contributed by atoms with Crippen LogP contribution in [0.15, 0.2) is 5.10 Å². The summed E-state index contributed by atoms with van der Waals surface area (Å²) in [5, 5.41) is 3.77. The summed E-state index contributed by atoms with van der Waals surface area (Å²) < 4.78 is 0. The van der Waals surface area contributed by atoms with Gasteiger partial charge in [-0.2, -0.15) is 5.10 Å². The molecule has 1 amide bonds. The molecule has 0 aromatic carbocycles. The molecule has 0 aliphatic rings. The lowest BCUT2D eigenvalue weighted by molar-refractivity contribution is -0.121. The Kier molecular flexibility index (Phi) is 5.28. The van der Waals surface area contributed by atoms with Crippen molar-refractivity contribution in [1.29, 1.82) is 0 Å². The number of nitrogens with one attached hydrogen (secondary N) is 1. The highest BCUT2D eigenvalue weighted by atomic mass is 16.2. The molecule has 4 nitrogen and oxygen atoms in total. The molecule has 0 atom stereocenters. The van der Waals surface area contributed by atoms with E-state index in [2.05, 4.69) is 10.5 Å². The predicted molar refractivity (Wildman–Crippen MR) is 50.0 cm³/mol. The highest BCUT2D eigenvalue weighted by Crippen LogP contribution is 1.83. The van der Waals surface area contributed by atoms with Crippen LogP contribution in [-0.2, 0) is 4.79 Å². The second-order valence-corrected chi connectivity index (χ2v) is 3.29. The maximum atomic E-state index is 11.0. The van der Waals surface area contributed by atoms with Gasteiger partial charge in [0.1, 0.15) is 0 Å². The first-order valence-electron chi connectivity index (χ1n) is 3.99. The van der Waals surface area contributed by atoms with Crippen LogP contribution in [0.2, 0.25) is 0 Å². The van der Waals surface area contributed by atoms with Crippen LogP contribution in [0, 0.1) is 5.92 Å². The van der Waals surface area contributed by atoms with Gasteiger partial charge in [-0.1, -0.05) is 13.8 Å². The number of carbonyl (C=O) groups excluding carboxylic acids is 1. The third-order valence-corrected chi connectivity index (χ3v) is 1.02. The van der Waals surface area contributed by atoms with Crippen molar-refractivity contribution in [2.45, 2.75) is 13.8 Å². The van der Waals surface area contributed by atoms with Crippen LogP contribution in [0.4, 0.5) is 0 Å². The van der Waals surface area contributed by atoms with Crippen LogP contribution in [0.5, 0.6) is 0 Å². The van der Waals surface area contributed by atoms with E-state index in [1.807, 2.05) is 27.9 Å². The van der Waals surface area contributed by atoms with E-state index in [1.54, 1.807) is 11.1 Å². The average Bonchev–Trinajstić information content (AvgIpc) is 1.84. The van der Waals surface area contributed by atoms with Gasteiger partial charge in [0.25, 0.3) is 5.91 Å². The Morgan fingerprint density at radius 1 is 1.58 bits per heavy atom. The maximum absolute atomic E-state index is 11.0. The summed E-state index contributed by atoms with van der Waals surface area (Å²) in [5.41, 5.74) is 2.43. The summed E-state index contributed by atoms with van der Waals surface area (Å²) in [6.07, 6.45) is 1.70. The number of hydrazone groups is 1. The second-order valence-electron chi connectivity index (χ2n) is 3.29. The Morgan fingerprint density at radius 3 is 2.58 bits per heavy atom. The lowest BCUT2D eigenvalue weighted by atomic mass is 10.3. The molecular weight excluding hydrogens is 154 g/mol. The number of rotatable bonds is 4. The highest BCUT2D eigenvalue weighted by Gasteiger charge is 1.99. The molecule has 0 aliphatic heterocycles. The lowest BCUT2D eigenvalue weighted by Crippen LogP contribution is -2.30. The van der Waals surface area contributed by atoms with E-state index in [0.29, 0.717) is 12.5 Å². The van der Waals surface area contributed by atoms with Crippen molar-refractivity contribution < 1.29 is 4.79 Å². The smallest absolute Gasteiger partial charge is 0.254 e. The molecule has 0 unspecified atom stereocenters. The van der Waals surface area contributed by atoms with E-state index in [4.69, 9.17) is 0 Å². The standard InChI is InChI=1S/C8H17N3O/c1-7(2)5-9-10-8(12)6-11(3)4/h5,7H,6H2,1-4H3,(H,10,12)/b9-5+. The van der Waals surface area contributed by atoms with Crippen LogP contribution in [0.1, 0.15) is 13.8 Å². The van der Waals surface area contributed by atoms with E-state index in [9.17, 15) is 4.79 Å². The minimum absolute atomic E-state index is 0.0862. The van der Waals surface area contributed by atoms with E-state index < -0.39 is 0 Å². The van der Waals surface area contributed by atoms with Gasteiger partial charge in [0.05, 0.1) is 6.54 Å². The molecule has 0 rings (SSSR count). The van der Waals surface area contributed by atoms with E-state index >= 15 is 0 Å². The van der Waals surface area contributed by atoms with Gasteiger partial charge < -0.3 is 4.90 Å².